The molecule has 2 aromatic rings. The lowest BCUT2D eigenvalue weighted by Gasteiger charge is -2.09. The first-order chi connectivity index (χ1) is 11.0. The zero-order valence-electron chi connectivity index (χ0n) is 11.9. The van der Waals surface area contributed by atoms with Crippen LogP contribution in [0.4, 0.5) is 13.2 Å². The van der Waals surface area contributed by atoms with E-state index in [1.807, 2.05) is 30.3 Å². The number of amides is 1. The number of para-hydroxylation sites is 1. The summed E-state index contributed by atoms with van der Waals surface area (Å²) in [7, 11) is 0. The maximum absolute atomic E-state index is 12.1. The van der Waals surface area contributed by atoms with Crippen LogP contribution in [-0.2, 0) is 11.4 Å². The number of ether oxygens (including phenoxy) is 1. The van der Waals surface area contributed by atoms with Gasteiger partial charge in [0, 0.05) is 5.56 Å². The van der Waals surface area contributed by atoms with Crippen LogP contribution in [0.15, 0.2) is 59.7 Å². The normalized spacial score (nSPS) is 11.4. The summed E-state index contributed by atoms with van der Waals surface area (Å²) in [6, 6.07) is 16.1. The van der Waals surface area contributed by atoms with Crippen molar-refractivity contribution in [2.45, 2.75) is 12.8 Å². The summed E-state index contributed by atoms with van der Waals surface area (Å²) < 4.78 is 41.8. The largest absolute Gasteiger partial charge is 0.488 e. The van der Waals surface area contributed by atoms with Crippen molar-refractivity contribution >= 4 is 12.1 Å². The molecule has 0 aliphatic rings. The van der Waals surface area contributed by atoms with Gasteiger partial charge in [-0.15, -0.1) is 0 Å². The van der Waals surface area contributed by atoms with Crippen molar-refractivity contribution in [1.29, 1.82) is 0 Å². The lowest BCUT2D eigenvalue weighted by atomic mass is 10.2. The highest BCUT2D eigenvalue weighted by atomic mass is 19.4. The number of hydrazone groups is 1. The maximum atomic E-state index is 12.1. The monoisotopic (exact) mass is 322 g/mol. The summed E-state index contributed by atoms with van der Waals surface area (Å²) in [6.07, 6.45) is -3.87. The van der Waals surface area contributed by atoms with Crippen LogP contribution in [0.25, 0.3) is 0 Å². The number of nitrogens with one attached hydrogen (secondary N) is 1. The number of hydrogen-bond donors (Lipinski definition) is 1. The Morgan fingerprint density at radius 2 is 1.74 bits per heavy atom. The Balaban J connectivity index is 2.01. The molecule has 0 aromatic heterocycles. The third-order valence-electron chi connectivity index (χ3n) is 2.78. The van der Waals surface area contributed by atoms with Crippen molar-refractivity contribution in [2.75, 3.05) is 0 Å². The molecule has 1 N–H and O–H groups in total. The Bertz CT molecular complexity index is 685. The van der Waals surface area contributed by atoms with Gasteiger partial charge in [0.25, 0.3) is 0 Å². The molecule has 2 rings (SSSR count). The summed E-state index contributed by atoms with van der Waals surface area (Å²) >= 11 is 0. The molecule has 4 nitrogen and oxygen atoms in total. The summed E-state index contributed by atoms with van der Waals surface area (Å²) in [4.78, 5) is 10.7. The predicted molar refractivity (Wildman–Crippen MR) is 79.0 cm³/mol. The molecule has 0 saturated carbocycles. The van der Waals surface area contributed by atoms with Gasteiger partial charge in [-0.1, -0.05) is 42.5 Å². The number of benzene rings is 2. The highest BCUT2D eigenvalue weighted by molar-refractivity contribution is 5.86. The van der Waals surface area contributed by atoms with Crippen molar-refractivity contribution in [1.82, 2.24) is 5.43 Å². The van der Waals surface area contributed by atoms with Gasteiger partial charge in [0.1, 0.15) is 12.4 Å². The van der Waals surface area contributed by atoms with Crippen molar-refractivity contribution in [3.63, 3.8) is 0 Å². The molecule has 23 heavy (non-hydrogen) atoms. The van der Waals surface area contributed by atoms with Gasteiger partial charge in [0.2, 0.25) is 0 Å². The highest BCUT2D eigenvalue weighted by Gasteiger charge is 2.38. The fourth-order valence-corrected chi connectivity index (χ4v) is 1.68. The van der Waals surface area contributed by atoms with E-state index < -0.39 is 12.1 Å². The van der Waals surface area contributed by atoms with Crippen molar-refractivity contribution in [3.8, 4) is 5.75 Å². The minimum absolute atomic E-state index is 0.306. The van der Waals surface area contributed by atoms with E-state index in [0.29, 0.717) is 17.9 Å². The molecule has 0 spiro atoms. The van der Waals surface area contributed by atoms with E-state index in [1.54, 1.807) is 24.3 Å². The number of halogens is 3. The fraction of sp³-hybridized carbons (Fsp3) is 0.125. The third kappa shape index (κ3) is 5.14. The van der Waals surface area contributed by atoms with Crippen LogP contribution in [0.5, 0.6) is 5.75 Å². The molecule has 0 radical (unpaired) electrons. The summed E-state index contributed by atoms with van der Waals surface area (Å²) in [6.45, 7) is 0.306. The first-order valence-electron chi connectivity index (χ1n) is 6.63. The highest BCUT2D eigenvalue weighted by Crippen LogP contribution is 2.18. The van der Waals surface area contributed by atoms with E-state index >= 15 is 0 Å². The van der Waals surface area contributed by atoms with Gasteiger partial charge in [-0.05, 0) is 17.7 Å². The topological polar surface area (TPSA) is 50.7 Å². The van der Waals surface area contributed by atoms with Gasteiger partial charge in [-0.3, -0.25) is 4.79 Å². The standard InChI is InChI=1S/C16H13F3N2O2/c17-16(18,19)15(22)21-20-10-13-8-4-5-9-14(13)23-11-12-6-2-1-3-7-12/h1-10H,11H2,(H,21,22)/b20-10+. The number of carbonyl (C=O) groups is 1. The van der Waals surface area contributed by atoms with E-state index in [0.717, 1.165) is 11.8 Å². The van der Waals surface area contributed by atoms with Crippen LogP contribution in [0.1, 0.15) is 11.1 Å². The Labute approximate surface area is 130 Å². The Morgan fingerprint density at radius 1 is 1.09 bits per heavy atom. The molecule has 0 saturated heterocycles. The molecule has 0 unspecified atom stereocenters. The van der Waals surface area contributed by atoms with Crippen LogP contribution in [0.3, 0.4) is 0 Å². The minimum Gasteiger partial charge on any atom is -0.488 e. The fourth-order valence-electron chi connectivity index (χ4n) is 1.68. The quantitative estimate of drug-likeness (QED) is 0.678. The number of alkyl halides is 3. The zero-order chi connectivity index (χ0) is 16.7. The van der Waals surface area contributed by atoms with Crippen LogP contribution in [0.2, 0.25) is 0 Å². The second-order valence-corrected chi connectivity index (χ2v) is 4.51. The van der Waals surface area contributed by atoms with Crippen LogP contribution in [-0.4, -0.2) is 18.3 Å². The Morgan fingerprint density at radius 3 is 2.43 bits per heavy atom. The number of nitrogens with zero attached hydrogens (tertiary/aromatic N) is 1. The summed E-state index contributed by atoms with van der Waals surface area (Å²) in [5.74, 6) is -1.68. The second kappa shape index (κ2) is 7.44. The molecular formula is C16H13F3N2O2. The molecule has 120 valence electrons. The Hall–Kier alpha value is -2.83. The average Bonchev–Trinajstić information content (AvgIpc) is 2.54. The SMILES string of the molecule is O=C(N/N=C/c1ccccc1OCc1ccccc1)C(F)(F)F. The Kier molecular flexibility index (Phi) is 5.35. The van der Waals surface area contributed by atoms with E-state index in [1.165, 1.54) is 5.43 Å². The maximum Gasteiger partial charge on any atom is 0.473 e. The minimum atomic E-state index is -4.97. The number of carbonyl (C=O) groups excluding carboxylic acids is 1. The van der Waals surface area contributed by atoms with Gasteiger partial charge in [0.05, 0.1) is 6.21 Å². The van der Waals surface area contributed by atoms with Gasteiger partial charge >= 0.3 is 12.1 Å². The molecule has 1 amide bonds. The van der Waals surface area contributed by atoms with Crippen LogP contribution in [0, 0.1) is 0 Å². The van der Waals surface area contributed by atoms with Gasteiger partial charge < -0.3 is 4.74 Å². The molecule has 0 aliphatic carbocycles. The molecule has 0 bridgehead atoms. The van der Waals surface area contributed by atoms with E-state index in [4.69, 9.17) is 4.74 Å². The van der Waals surface area contributed by atoms with E-state index in [9.17, 15) is 18.0 Å². The summed E-state index contributed by atoms with van der Waals surface area (Å²) in [5, 5.41) is 3.30. The molecule has 2 aromatic carbocycles. The summed E-state index contributed by atoms with van der Waals surface area (Å²) in [5.41, 5.74) is 2.82. The average molecular weight is 322 g/mol. The molecule has 7 heteroatoms. The van der Waals surface area contributed by atoms with Crippen LogP contribution >= 0.6 is 0 Å². The first-order valence-corrected chi connectivity index (χ1v) is 6.63. The van der Waals surface area contributed by atoms with Crippen molar-refractivity contribution in [3.05, 3.63) is 65.7 Å². The van der Waals surface area contributed by atoms with E-state index in [-0.39, 0.29) is 0 Å². The smallest absolute Gasteiger partial charge is 0.473 e. The van der Waals surface area contributed by atoms with Crippen molar-refractivity contribution < 1.29 is 22.7 Å². The van der Waals surface area contributed by atoms with Crippen LogP contribution < -0.4 is 10.2 Å². The molecule has 0 heterocycles. The number of hydrogen-bond acceptors (Lipinski definition) is 3. The van der Waals surface area contributed by atoms with E-state index in [2.05, 4.69) is 5.10 Å². The first kappa shape index (κ1) is 16.5. The lowest BCUT2D eigenvalue weighted by molar-refractivity contribution is -0.173. The molecule has 0 atom stereocenters. The molecule has 0 fully saturated rings. The third-order valence-corrected chi connectivity index (χ3v) is 2.78. The zero-order valence-corrected chi connectivity index (χ0v) is 11.9. The second-order valence-electron chi connectivity index (χ2n) is 4.51. The van der Waals surface area contributed by atoms with Gasteiger partial charge in [0.15, 0.2) is 0 Å². The van der Waals surface area contributed by atoms with Crippen molar-refractivity contribution in [2.24, 2.45) is 5.10 Å². The van der Waals surface area contributed by atoms with Gasteiger partial charge in [-0.2, -0.15) is 18.3 Å². The number of rotatable bonds is 5. The lowest BCUT2D eigenvalue weighted by Crippen LogP contribution is -2.33. The van der Waals surface area contributed by atoms with Gasteiger partial charge in [-0.25, -0.2) is 5.43 Å². The molecule has 0 aliphatic heterocycles. The predicted octanol–water partition coefficient (Wildman–Crippen LogP) is 3.28. The molecular weight excluding hydrogens is 309 g/mol.